The van der Waals surface area contributed by atoms with Crippen LogP contribution in [0, 0.1) is 5.92 Å². The summed E-state index contributed by atoms with van der Waals surface area (Å²) in [6.07, 6.45) is -3.60. The first-order valence-corrected chi connectivity index (χ1v) is 6.55. The van der Waals surface area contributed by atoms with E-state index >= 15 is 0 Å². The molecule has 1 saturated heterocycles. The Balaban J connectivity index is 1.95. The molecule has 2 rings (SSSR count). The van der Waals surface area contributed by atoms with Gasteiger partial charge in [0.2, 0.25) is 5.91 Å². The van der Waals surface area contributed by atoms with Gasteiger partial charge in [0.1, 0.15) is 0 Å². The van der Waals surface area contributed by atoms with E-state index < -0.39 is 11.7 Å². The van der Waals surface area contributed by atoms with Gasteiger partial charge in [-0.2, -0.15) is 13.2 Å². The summed E-state index contributed by atoms with van der Waals surface area (Å²) in [6, 6.07) is 5.12. The van der Waals surface area contributed by atoms with Crippen molar-refractivity contribution in [3.63, 3.8) is 0 Å². The van der Waals surface area contributed by atoms with Gasteiger partial charge in [0.05, 0.1) is 11.5 Å². The van der Waals surface area contributed by atoms with E-state index in [4.69, 9.17) is 0 Å². The lowest BCUT2D eigenvalue weighted by molar-refractivity contribution is -0.137. The number of hydrogen-bond acceptors (Lipinski definition) is 2. The standard InChI is InChI=1S/C14H17F3N2O/c1-9-12(5-6-18-9)13(20)19-8-10-3-2-4-11(7-10)14(15,16)17/h2-4,7,9,12,18H,5-6,8H2,1H3,(H,19,20). The Kier molecular flexibility index (Phi) is 4.32. The second-order valence-corrected chi connectivity index (χ2v) is 5.05. The summed E-state index contributed by atoms with van der Waals surface area (Å²) in [5.41, 5.74) is -0.244. The Morgan fingerprint density at radius 3 is 2.80 bits per heavy atom. The van der Waals surface area contributed by atoms with E-state index in [-0.39, 0.29) is 24.4 Å². The zero-order valence-electron chi connectivity index (χ0n) is 11.1. The van der Waals surface area contributed by atoms with Crippen LogP contribution in [0.1, 0.15) is 24.5 Å². The maximum Gasteiger partial charge on any atom is 0.416 e. The molecule has 3 nitrogen and oxygen atoms in total. The lowest BCUT2D eigenvalue weighted by atomic mass is 10.0. The van der Waals surface area contributed by atoms with Gasteiger partial charge in [-0.15, -0.1) is 0 Å². The average Bonchev–Trinajstić information content (AvgIpc) is 2.82. The molecule has 0 bridgehead atoms. The predicted octanol–water partition coefficient (Wildman–Crippen LogP) is 2.32. The fourth-order valence-corrected chi connectivity index (χ4v) is 2.39. The maximum absolute atomic E-state index is 12.6. The third kappa shape index (κ3) is 3.50. The highest BCUT2D eigenvalue weighted by atomic mass is 19.4. The molecule has 20 heavy (non-hydrogen) atoms. The summed E-state index contributed by atoms with van der Waals surface area (Å²) >= 11 is 0. The summed E-state index contributed by atoms with van der Waals surface area (Å²) in [4.78, 5) is 11.9. The van der Waals surface area contributed by atoms with Crippen LogP contribution >= 0.6 is 0 Å². The van der Waals surface area contributed by atoms with E-state index in [9.17, 15) is 18.0 Å². The monoisotopic (exact) mass is 286 g/mol. The first-order valence-electron chi connectivity index (χ1n) is 6.55. The molecule has 1 aliphatic heterocycles. The molecule has 1 aromatic rings. The van der Waals surface area contributed by atoms with Crippen molar-refractivity contribution in [3.05, 3.63) is 35.4 Å². The Morgan fingerprint density at radius 2 is 2.20 bits per heavy atom. The molecule has 1 aromatic carbocycles. The number of halogens is 3. The molecule has 1 amide bonds. The van der Waals surface area contributed by atoms with Crippen molar-refractivity contribution in [2.75, 3.05) is 6.54 Å². The van der Waals surface area contributed by atoms with Gasteiger partial charge in [-0.3, -0.25) is 4.79 Å². The molecular formula is C14H17F3N2O. The van der Waals surface area contributed by atoms with E-state index in [0.29, 0.717) is 5.56 Å². The van der Waals surface area contributed by atoms with E-state index in [1.54, 1.807) is 6.07 Å². The Morgan fingerprint density at radius 1 is 1.45 bits per heavy atom. The zero-order chi connectivity index (χ0) is 14.8. The first kappa shape index (κ1) is 14.8. The molecule has 0 aromatic heterocycles. The zero-order valence-corrected chi connectivity index (χ0v) is 11.1. The number of amides is 1. The molecule has 0 saturated carbocycles. The summed E-state index contributed by atoms with van der Waals surface area (Å²) in [7, 11) is 0. The SMILES string of the molecule is CC1NCCC1C(=O)NCc1cccc(C(F)(F)F)c1. The number of carbonyl (C=O) groups is 1. The summed E-state index contributed by atoms with van der Waals surface area (Å²) in [5.74, 6) is -0.222. The third-order valence-electron chi connectivity index (χ3n) is 3.58. The molecule has 2 N–H and O–H groups in total. The molecular weight excluding hydrogens is 269 g/mol. The maximum atomic E-state index is 12.6. The lowest BCUT2D eigenvalue weighted by Crippen LogP contribution is -2.36. The lowest BCUT2D eigenvalue weighted by Gasteiger charge is -2.15. The third-order valence-corrected chi connectivity index (χ3v) is 3.58. The van der Waals surface area contributed by atoms with Gasteiger partial charge in [0.15, 0.2) is 0 Å². The number of hydrogen-bond donors (Lipinski definition) is 2. The van der Waals surface area contributed by atoms with E-state index in [1.165, 1.54) is 6.07 Å². The molecule has 110 valence electrons. The van der Waals surface area contributed by atoms with Crippen molar-refractivity contribution in [2.45, 2.75) is 32.1 Å². The van der Waals surface area contributed by atoms with Gasteiger partial charge < -0.3 is 10.6 Å². The molecule has 1 heterocycles. The van der Waals surface area contributed by atoms with Crippen LogP contribution in [-0.2, 0) is 17.5 Å². The first-order chi connectivity index (χ1) is 9.38. The highest BCUT2D eigenvalue weighted by molar-refractivity contribution is 5.79. The summed E-state index contributed by atoms with van der Waals surface area (Å²) < 4.78 is 37.7. The molecule has 1 aliphatic rings. The van der Waals surface area contributed by atoms with Gasteiger partial charge in [0, 0.05) is 12.6 Å². The van der Waals surface area contributed by atoms with Crippen LogP contribution in [0.25, 0.3) is 0 Å². The van der Waals surface area contributed by atoms with Crippen LogP contribution < -0.4 is 10.6 Å². The van der Waals surface area contributed by atoms with E-state index in [0.717, 1.165) is 25.1 Å². The fraction of sp³-hybridized carbons (Fsp3) is 0.500. The van der Waals surface area contributed by atoms with Gasteiger partial charge >= 0.3 is 6.18 Å². The minimum atomic E-state index is -4.36. The molecule has 2 atom stereocenters. The minimum absolute atomic E-state index is 0.108. The topological polar surface area (TPSA) is 41.1 Å². The van der Waals surface area contributed by atoms with Gasteiger partial charge in [-0.25, -0.2) is 0 Å². The van der Waals surface area contributed by atoms with Crippen molar-refractivity contribution in [2.24, 2.45) is 5.92 Å². The smallest absolute Gasteiger partial charge is 0.352 e. The molecule has 6 heteroatoms. The number of benzene rings is 1. The summed E-state index contributed by atoms with van der Waals surface area (Å²) in [6.45, 7) is 2.84. The molecule has 0 radical (unpaired) electrons. The van der Waals surface area contributed by atoms with Gasteiger partial charge in [-0.05, 0) is 37.6 Å². The largest absolute Gasteiger partial charge is 0.416 e. The van der Waals surface area contributed by atoms with Crippen molar-refractivity contribution < 1.29 is 18.0 Å². The van der Waals surface area contributed by atoms with Gasteiger partial charge in [0.25, 0.3) is 0 Å². The number of nitrogens with one attached hydrogen (secondary N) is 2. The molecule has 2 unspecified atom stereocenters. The molecule has 0 aliphatic carbocycles. The predicted molar refractivity (Wildman–Crippen MR) is 68.9 cm³/mol. The fourth-order valence-electron chi connectivity index (χ4n) is 2.39. The minimum Gasteiger partial charge on any atom is -0.352 e. The highest BCUT2D eigenvalue weighted by Crippen LogP contribution is 2.29. The van der Waals surface area contributed by atoms with Crippen molar-refractivity contribution in [1.82, 2.24) is 10.6 Å². The van der Waals surface area contributed by atoms with Crippen molar-refractivity contribution in [1.29, 1.82) is 0 Å². The average molecular weight is 286 g/mol. The Hall–Kier alpha value is -1.56. The van der Waals surface area contributed by atoms with Crippen LogP contribution in [-0.4, -0.2) is 18.5 Å². The molecule has 1 fully saturated rings. The van der Waals surface area contributed by atoms with E-state index in [2.05, 4.69) is 10.6 Å². The number of rotatable bonds is 3. The van der Waals surface area contributed by atoms with Crippen LogP contribution in [0.15, 0.2) is 24.3 Å². The van der Waals surface area contributed by atoms with E-state index in [1.807, 2.05) is 6.92 Å². The highest BCUT2D eigenvalue weighted by Gasteiger charge is 2.31. The van der Waals surface area contributed by atoms with Crippen LogP contribution in [0.3, 0.4) is 0 Å². The van der Waals surface area contributed by atoms with Gasteiger partial charge in [-0.1, -0.05) is 12.1 Å². The Labute approximate surface area is 115 Å². The second kappa shape index (κ2) is 5.83. The van der Waals surface area contributed by atoms with Crippen molar-refractivity contribution in [3.8, 4) is 0 Å². The van der Waals surface area contributed by atoms with Crippen molar-refractivity contribution >= 4 is 5.91 Å². The number of alkyl halides is 3. The van der Waals surface area contributed by atoms with Crippen LogP contribution in [0.5, 0.6) is 0 Å². The van der Waals surface area contributed by atoms with Crippen LogP contribution in [0.2, 0.25) is 0 Å². The van der Waals surface area contributed by atoms with Crippen LogP contribution in [0.4, 0.5) is 13.2 Å². The second-order valence-electron chi connectivity index (χ2n) is 5.05. The normalized spacial score (nSPS) is 22.8. The quantitative estimate of drug-likeness (QED) is 0.895. The number of carbonyl (C=O) groups excluding carboxylic acids is 1. The Bertz CT molecular complexity index is 488. The summed E-state index contributed by atoms with van der Waals surface area (Å²) in [5, 5.41) is 5.87. The molecule has 0 spiro atoms.